The van der Waals surface area contributed by atoms with Crippen molar-refractivity contribution in [3.8, 4) is 0 Å². The van der Waals surface area contributed by atoms with Gasteiger partial charge in [-0.15, -0.1) is 0 Å². The Morgan fingerprint density at radius 3 is 2.64 bits per heavy atom. The molecule has 0 bridgehead atoms. The molecule has 14 heavy (non-hydrogen) atoms. The quantitative estimate of drug-likeness (QED) is 0.489. The summed E-state index contributed by atoms with van der Waals surface area (Å²) in [5.74, 6) is 0.835. The van der Waals surface area contributed by atoms with Crippen LogP contribution in [0.15, 0.2) is 4.99 Å². The molecule has 0 aromatic rings. The molecule has 4 heteroatoms. The summed E-state index contributed by atoms with van der Waals surface area (Å²) in [6.45, 7) is 3.23. The average Bonchev–Trinajstić information content (AvgIpc) is 2.93. The molecular weight excluding hydrogens is 176 g/mol. The molecular formula is C10H20N4. The second kappa shape index (κ2) is 3.87. The highest BCUT2D eigenvalue weighted by Gasteiger charge is 2.27. The number of piperazine rings is 1. The van der Waals surface area contributed by atoms with Crippen LogP contribution in [0.3, 0.4) is 0 Å². The second-order valence-electron chi connectivity index (χ2n) is 4.54. The fourth-order valence-corrected chi connectivity index (χ4v) is 1.83. The van der Waals surface area contributed by atoms with E-state index < -0.39 is 0 Å². The maximum atomic E-state index is 6.02. The molecule has 2 fully saturated rings. The van der Waals surface area contributed by atoms with Crippen molar-refractivity contribution >= 4 is 5.84 Å². The number of likely N-dealkylation sites (N-methyl/N-ethyl adjacent to an activating group) is 2. The molecule has 0 aromatic heterocycles. The van der Waals surface area contributed by atoms with Crippen molar-refractivity contribution in [2.45, 2.75) is 24.9 Å². The molecule has 0 aromatic carbocycles. The Kier molecular flexibility index (Phi) is 2.74. The molecule has 2 rings (SSSR count). The van der Waals surface area contributed by atoms with Gasteiger partial charge in [0.15, 0.2) is 0 Å². The molecule has 0 radical (unpaired) electrons. The first kappa shape index (κ1) is 9.93. The lowest BCUT2D eigenvalue weighted by Crippen LogP contribution is -2.55. The third-order valence-corrected chi connectivity index (χ3v) is 3.07. The van der Waals surface area contributed by atoms with Gasteiger partial charge in [0.25, 0.3) is 0 Å². The molecule has 0 spiro atoms. The van der Waals surface area contributed by atoms with Gasteiger partial charge in [0.05, 0.1) is 12.1 Å². The maximum Gasteiger partial charge on any atom is 0.113 e. The summed E-state index contributed by atoms with van der Waals surface area (Å²) in [7, 11) is 4.28. The minimum Gasteiger partial charge on any atom is -0.386 e. The number of amidine groups is 1. The van der Waals surface area contributed by atoms with Gasteiger partial charge in [0.1, 0.15) is 5.84 Å². The highest BCUT2D eigenvalue weighted by atomic mass is 15.3. The van der Waals surface area contributed by atoms with Gasteiger partial charge >= 0.3 is 0 Å². The molecule has 0 amide bonds. The molecule has 1 saturated carbocycles. The summed E-state index contributed by atoms with van der Waals surface area (Å²) in [4.78, 5) is 9.15. The largest absolute Gasteiger partial charge is 0.386 e. The number of nitrogens with two attached hydrogens (primary N) is 1. The van der Waals surface area contributed by atoms with E-state index in [1.165, 1.54) is 12.8 Å². The first-order valence-corrected chi connectivity index (χ1v) is 5.39. The Morgan fingerprint density at radius 2 is 2.00 bits per heavy atom. The SMILES string of the molecule is CN1CCN(C)C(C(N)=NC2CC2)C1. The molecule has 1 aliphatic heterocycles. The van der Waals surface area contributed by atoms with E-state index in [0.717, 1.165) is 25.5 Å². The average molecular weight is 196 g/mol. The van der Waals surface area contributed by atoms with E-state index in [-0.39, 0.29) is 0 Å². The van der Waals surface area contributed by atoms with Gasteiger partial charge in [-0.1, -0.05) is 0 Å². The molecule has 2 N–H and O–H groups in total. The fourth-order valence-electron chi connectivity index (χ4n) is 1.83. The van der Waals surface area contributed by atoms with E-state index in [1.54, 1.807) is 0 Å². The van der Waals surface area contributed by atoms with Crippen molar-refractivity contribution in [2.24, 2.45) is 10.7 Å². The minimum atomic E-state index is 0.328. The van der Waals surface area contributed by atoms with Gasteiger partial charge in [0, 0.05) is 19.6 Å². The van der Waals surface area contributed by atoms with E-state index in [0.29, 0.717) is 12.1 Å². The van der Waals surface area contributed by atoms with Crippen LogP contribution < -0.4 is 5.73 Å². The maximum absolute atomic E-state index is 6.02. The van der Waals surface area contributed by atoms with E-state index in [9.17, 15) is 0 Å². The third-order valence-electron chi connectivity index (χ3n) is 3.07. The van der Waals surface area contributed by atoms with Gasteiger partial charge in [0.2, 0.25) is 0 Å². The first-order valence-electron chi connectivity index (χ1n) is 5.39. The predicted octanol–water partition coefficient (Wildman–Crippen LogP) is -0.248. The zero-order chi connectivity index (χ0) is 10.1. The Hall–Kier alpha value is -0.610. The molecule has 1 saturated heterocycles. The highest BCUT2D eigenvalue weighted by Crippen LogP contribution is 2.24. The van der Waals surface area contributed by atoms with Crippen molar-refractivity contribution in [2.75, 3.05) is 33.7 Å². The monoisotopic (exact) mass is 196 g/mol. The lowest BCUT2D eigenvalue weighted by Gasteiger charge is -2.37. The number of nitrogens with zero attached hydrogens (tertiary/aromatic N) is 3. The van der Waals surface area contributed by atoms with Crippen LogP contribution in [0.25, 0.3) is 0 Å². The van der Waals surface area contributed by atoms with Crippen molar-refractivity contribution < 1.29 is 0 Å². The first-order chi connectivity index (χ1) is 6.66. The smallest absolute Gasteiger partial charge is 0.113 e. The number of hydrogen-bond acceptors (Lipinski definition) is 3. The highest BCUT2D eigenvalue weighted by molar-refractivity contribution is 5.86. The van der Waals surface area contributed by atoms with Crippen LogP contribution >= 0.6 is 0 Å². The zero-order valence-electron chi connectivity index (χ0n) is 9.11. The number of hydrogen-bond donors (Lipinski definition) is 1. The summed E-state index contributed by atoms with van der Waals surface area (Å²) >= 11 is 0. The van der Waals surface area contributed by atoms with E-state index in [2.05, 4.69) is 28.9 Å². The lowest BCUT2D eigenvalue weighted by molar-refractivity contribution is 0.150. The van der Waals surface area contributed by atoms with Crippen molar-refractivity contribution in [3.63, 3.8) is 0 Å². The van der Waals surface area contributed by atoms with Gasteiger partial charge in [-0.2, -0.15) is 0 Å². The fraction of sp³-hybridized carbons (Fsp3) is 0.900. The summed E-state index contributed by atoms with van der Waals surface area (Å²) in [5.41, 5.74) is 6.02. The number of aliphatic imine (C=N–C) groups is 1. The van der Waals surface area contributed by atoms with Crippen LogP contribution in [0.5, 0.6) is 0 Å². The molecule has 4 nitrogen and oxygen atoms in total. The summed E-state index contributed by atoms with van der Waals surface area (Å²) in [6, 6.07) is 0.866. The molecule has 1 heterocycles. The molecule has 1 aliphatic carbocycles. The standard InChI is InChI=1S/C10H20N4/c1-13-5-6-14(2)9(7-13)10(11)12-8-3-4-8/h8-9H,3-7H2,1-2H3,(H2,11,12). The molecule has 1 unspecified atom stereocenters. The minimum absolute atomic E-state index is 0.328. The van der Waals surface area contributed by atoms with Crippen molar-refractivity contribution in [1.82, 2.24) is 9.80 Å². The van der Waals surface area contributed by atoms with Crippen LogP contribution in [0.4, 0.5) is 0 Å². The Labute approximate surface area is 85.8 Å². The van der Waals surface area contributed by atoms with E-state index in [4.69, 9.17) is 5.73 Å². The normalized spacial score (nSPS) is 32.1. The van der Waals surface area contributed by atoms with Gasteiger partial charge in [-0.05, 0) is 26.9 Å². The van der Waals surface area contributed by atoms with Crippen LogP contribution in [-0.4, -0.2) is 61.4 Å². The summed E-state index contributed by atoms with van der Waals surface area (Å²) in [5, 5.41) is 0. The second-order valence-corrected chi connectivity index (χ2v) is 4.54. The van der Waals surface area contributed by atoms with Crippen LogP contribution in [0.2, 0.25) is 0 Å². The molecule has 2 aliphatic rings. The summed E-state index contributed by atoms with van der Waals surface area (Å²) < 4.78 is 0. The zero-order valence-corrected chi connectivity index (χ0v) is 9.11. The van der Waals surface area contributed by atoms with Gasteiger partial charge < -0.3 is 10.6 Å². The van der Waals surface area contributed by atoms with Crippen molar-refractivity contribution in [3.05, 3.63) is 0 Å². The Balaban J connectivity index is 1.99. The molecule has 80 valence electrons. The Morgan fingerprint density at radius 1 is 1.29 bits per heavy atom. The molecule has 1 atom stereocenters. The van der Waals surface area contributed by atoms with Crippen molar-refractivity contribution in [1.29, 1.82) is 0 Å². The van der Waals surface area contributed by atoms with E-state index >= 15 is 0 Å². The summed E-state index contributed by atoms with van der Waals surface area (Å²) in [6.07, 6.45) is 2.46. The van der Waals surface area contributed by atoms with Gasteiger partial charge in [-0.3, -0.25) is 9.89 Å². The Bertz CT molecular complexity index is 234. The van der Waals surface area contributed by atoms with E-state index in [1.807, 2.05) is 0 Å². The van der Waals surface area contributed by atoms with Gasteiger partial charge in [-0.25, -0.2) is 0 Å². The predicted molar refractivity (Wildman–Crippen MR) is 58.6 cm³/mol. The van der Waals surface area contributed by atoms with Crippen LogP contribution in [-0.2, 0) is 0 Å². The number of rotatable bonds is 2. The third kappa shape index (κ3) is 2.25. The lowest BCUT2D eigenvalue weighted by atomic mass is 10.1. The van der Waals surface area contributed by atoms with Crippen LogP contribution in [0.1, 0.15) is 12.8 Å². The topological polar surface area (TPSA) is 44.9 Å². The van der Waals surface area contributed by atoms with Crippen LogP contribution in [0, 0.1) is 0 Å².